The molecule has 0 radical (unpaired) electrons. The third-order valence-electron chi connectivity index (χ3n) is 5.84. The summed E-state index contributed by atoms with van der Waals surface area (Å²) in [5.41, 5.74) is 0.365. The highest BCUT2D eigenvalue weighted by atomic mass is 16.5. The molecule has 3 heterocycles. The van der Waals surface area contributed by atoms with Crippen LogP contribution in [0, 0.1) is 0 Å². The van der Waals surface area contributed by atoms with Crippen molar-refractivity contribution in [3.8, 4) is 5.75 Å². The van der Waals surface area contributed by atoms with E-state index in [2.05, 4.69) is 4.90 Å². The third kappa shape index (κ3) is 5.02. The molecule has 0 amide bonds. The molecule has 1 atom stereocenters. The number of carbonyl (C=O) groups excluding carboxylic acids is 1. The highest BCUT2D eigenvalue weighted by Crippen LogP contribution is 2.28. The molecule has 0 saturated carbocycles. The normalized spacial score (nSPS) is 20.0. The van der Waals surface area contributed by atoms with Gasteiger partial charge < -0.3 is 23.5 Å². The molecule has 8 nitrogen and oxygen atoms in total. The van der Waals surface area contributed by atoms with E-state index < -0.39 is 0 Å². The first-order valence-electron chi connectivity index (χ1n) is 11.1. The first-order chi connectivity index (χ1) is 15.2. The van der Waals surface area contributed by atoms with Crippen molar-refractivity contribution in [1.29, 1.82) is 0 Å². The van der Waals surface area contributed by atoms with Gasteiger partial charge in [-0.1, -0.05) is 12.5 Å². The van der Waals surface area contributed by atoms with Gasteiger partial charge in [0.15, 0.2) is 22.6 Å². The van der Waals surface area contributed by atoms with Crippen LogP contribution in [0.3, 0.4) is 0 Å². The van der Waals surface area contributed by atoms with E-state index in [-0.39, 0.29) is 17.4 Å². The predicted octanol–water partition coefficient (Wildman–Crippen LogP) is 2.43. The summed E-state index contributed by atoms with van der Waals surface area (Å²) in [6, 6.07) is 6.68. The van der Waals surface area contributed by atoms with Crippen LogP contribution in [0.2, 0.25) is 0 Å². The summed E-state index contributed by atoms with van der Waals surface area (Å²) in [7, 11) is 0. The van der Waals surface area contributed by atoms with Gasteiger partial charge in [0, 0.05) is 25.7 Å². The molecule has 1 aromatic heterocycles. The number of hydrogen-bond donors (Lipinski definition) is 0. The van der Waals surface area contributed by atoms with E-state index >= 15 is 0 Å². The van der Waals surface area contributed by atoms with Gasteiger partial charge in [-0.2, -0.15) is 0 Å². The molecule has 1 unspecified atom stereocenters. The lowest BCUT2D eigenvalue weighted by atomic mass is 10.0. The number of morpholine rings is 1. The summed E-state index contributed by atoms with van der Waals surface area (Å²) in [5, 5.41) is 0.497. The Bertz CT molecular complexity index is 953. The van der Waals surface area contributed by atoms with Crippen molar-refractivity contribution in [3.63, 3.8) is 0 Å². The topological polar surface area (TPSA) is 81.5 Å². The van der Waals surface area contributed by atoms with E-state index in [0.29, 0.717) is 68.7 Å². The summed E-state index contributed by atoms with van der Waals surface area (Å²) < 4.78 is 22.8. The predicted molar refractivity (Wildman–Crippen MR) is 117 cm³/mol. The van der Waals surface area contributed by atoms with Crippen molar-refractivity contribution in [1.82, 2.24) is 4.90 Å². The van der Waals surface area contributed by atoms with Gasteiger partial charge in [0.1, 0.15) is 12.6 Å². The fourth-order valence-electron chi connectivity index (χ4n) is 4.23. The number of hydrogen-bond acceptors (Lipinski definition) is 8. The number of rotatable bonds is 7. The molecule has 2 fully saturated rings. The molecular formula is C23H30N2O6. The van der Waals surface area contributed by atoms with Crippen molar-refractivity contribution in [3.05, 3.63) is 34.5 Å². The largest absolute Gasteiger partial charge is 0.488 e. The van der Waals surface area contributed by atoms with Crippen LogP contribution in [-0.4, -0.2) is 69.5 Å². The van der Waals surface area contributed by atoms with Crippen molar-refractivity contribution < 1.29 is 23.4 Å². The lowest BCUT2D eigenvalue weighted by Gasteiger charge is -2.33. The number of fused-ring (bicyclic) bond motifs is 1. The van der Waals surface area contributed by atoms with Crippen LogP contribution >= 0.6 is 0 Å². The molecule has 31 heavy (non-hydrogen) atoms. The van der Waals surface area contributed by atoms with E-state index in [0.717, 1.165) is 25.8 Å². The zero-order chi connectivity index (χ0) is 21.6. The molecule has 4 rings (SSSR count). The number of nitrogens with zero attached hydrogens (tertiary/aromatic N) is 2. The van der Waals surface area contributed by atoms with Gasteiger partial charge in [0.05, 0.1) is 25.2 Å². The molecule has 2 aliphatic heterocycles. The quantitative estimate of drug-likeness (QED) is 0.620. The Balaban J connectivity index is 1.48. The number of esters is 1. The minimum absolute atomic E-state index is 0.0911. The summed E-state index contributed by atoms with van der Waals surface area (Å²) in [5.74, 6) is 0.915. The Labute approximate surface area is 181 Å². The Hall–Kier alpha value is -2.58. The summed E-state index contributed by atoms with van der Waals surface area (Å²) in [6.45, 7) is 6.64. The molecule has 0 spiro atoms. The number of piperidine rings is 1. The maximum atomic E-state index is 12.7. The molecule has 2 aliphatic rings. The zero-order valence-electron chi connectivity index (χ0n) is 18.0. The number of carbonyl (C=O) groups is 1. The SMILES string of the molecule is CCOC(=O)C1CCCCN1CCOc1cccc2c(=O)cc(N3CCOCC3)oc12. The number of ether oxygens (including phenoxy) is 3. The second kappa shape index (κ2) is 10.2. The Kier molecular flexibility index (Phi) is 7.09. The summed E-state index contributed by atoms with van der Waals surface area (Å²) in [6.07, 6.45) is 2.90. The highest BCUT2D eigenvalue weighted by Gasteiger charge is 2.29. The van der Waals surface area contributed by atoms with E-state index in [9.17, 15) is 9.59 Å². The molecule has 2 saturated heterocycles. The van der Waals surface area contributed by atoms with E-state index in [1.165, 1.54) is 6.07 Å². The molecule has 2 aromatic rings. The minimum Gasteiger partial charge on any atom is -0.488 e. The van der Waals surface area contributed by atoms with Crippen molar-refractivity contribution in [2.24, 2.45) is 0 Å². The molecule has 1 aromatic carbocycles. The Morgan fingerprint density at radius 3 is 2.84 bits per heavy atom. The van der Waals surface area contributed by atoms with Crippen LogP contribution in [0.1, 0.15) is 26.2 Å². The van der Waals surface area contributed by atoms with Gasteiger partial charge >= 0.3 is 5.97 Å². The van der Waals surface area contributed by atoms with Crippen LogP contribution in [-0.2, 0) is 14.3 Å². The second-order valence-electron chi connectivity index (χ2n) is 7.83. The van der Waals surface area contributed by atoms with Crippen LogP contribution in [0.5, 0.6) is 5.75 Å². The molecule has 8 heteroatoms. The van der Waals surface area contributed by atoms with Gasteiger partial charge in [0.25, 0.3) is 0 Å². The number of benzene rings is 1. The number of anilines is 1. The Morgan fingerprint density at radius 2 is 2.03 bits per heavy atom. The zero-order valence-corrected chi connectivity index (χ0v) is 18.0. The van der Waals surface area contributed by atoms with E-state index in [1.807, 2.05) is 17.9 Å². The molecular weight excluding hydrogens is 400 g/mol. The first-order valence-corrected chi connectivity index (χ1v) is 11.1. The van der Waals surface area contributed by atoms with Crippen LogP contribution in [0.25, 0.3) is 11.0 Å². The van der Waals surface area contributed by atoms with Crippen LogP contribution < -0.4 is 15.1 Å². The maximum absolute atomic E-state index is 12.7. The molecule has 0 aliphatic carbocycles. The minimum atomic E-state index is -0.212. The van der Waals surface area contributed by atoms with E-state index in [4.69, 9.17) is 18.6 Å². The van der Waals surface area contributed by atoms with Crippen molar-refractivity contribution in [2.45, 2.75) is 32.2 Å². The molecule has 0 N–H and O–H groups in total. The van der Waals surface area contributed by atoms with Crippen LogP contribution in [0.15, 0.2) is 33.5 Å². The van der Waals surface area contributed by atoms with Gasteiger partial charge in [-0.05, 0) is 38.4 Å². The van der Waals surface area contributed by atoms with Gasteiger partial charge in [-0.25, -0.2) is 0 Å². The van der Waals surface area contributed by atoms with Gasteiger partial charge in [-0.3, -0.25) is 14.5 Å². The maximum Gasteiger partial charge on any atom is 0.323 e. The fraction of sp³-hybridized carbons (Fsp3) is 0.565. The first kappa shape index (κ1) is 21.6. The standard InChI is InChI=1S/C23H30N2O6/c1-2-29-23(27)18-7-3-4-9-24(18)12-15-30-20-8-5-6-17-19(26)16-21(31-22(17)20)25-10-13-28-14-11-25/h5-6,8,16,18H,2-4,7,9-15H2,1H3. The number of likely N-dealkylation sites (tertiary alicyclic amines) is 1. The summed E-state index contributed by atoms with van der Waals surface area (Å²) in [4.78, 5) is 29.1. The van der Waals surface area contributed by atoms with Crippen molar-refractivity contribution >= 4 is 22.8 Å². The lowest BCUT2D eigenvalue weighted by molar-refractivity contribution is -0.151. The highest BCUT2D eigenvalue weighted by molar-refractivity contribution is 5.83. The average Bonchev–Trinajstić information content (AvgIpc) is 2.80. The third-order valence-corrected chi connectivity index (χ3v) is 5.84. The van der Waals surface area contributed by atoms with E-state index in [1.54, 1.807) is 12.1 Å². The number of para-hydroxylation sites is 1. The fourth-order valence-corrected chi connectivity index (χ4v) is 4.23. The monoisotopic (exact) mass is 430 g/mol. The van der Waals surface area contributed by atoms with Crippen molar-refractivity contribution in [2.75, 3.05) is 57.5 Å². The smallest absolute Gasteiger partial charge is 0.323 e. The lowest BCUT2D eigenvalue weighted by Crippen LogP contribution is -2.47. The average molecular weight is 431 g/mol. The van der Waals surface area contributed by atoms with Gasteiger partial charge in [0.2, 0.25) is 0 Å². The van der Waals surface area contributed by atoms with Crippen LogP contribution in [0.4, 0.5) is 5.88 Å². The summed E-state index contributed by atoms with van der Waals surface area (Å²) >= 11 is 0. The molecule has 0 bridgehead atoms. The van der Waals surface area contributed by atoms with Gasteiger partial charge in [-0.15, -0.1) is 0 Å². The Morgan fingerprint density at radius 1 is 1.19 bits per heavy atom. The molecule has 168 valence electrons. The second-order valence-corrected chi connectivity index (χ2v) is 7.83.